The molecule has 1 N–H and O–H groups in total. The second-order valence-corrected chi connectivity index (χ2v) is 7.75. The molecule has 0 fully saturated rings. The largest absolute Gasteiger partial charge is 0.313 e. The quantitative estimate of drug-likeness (QED) is 0.632. The molecule has 1 rings (SSSR count). The Balaban J connectivity index is 2.23. The van der Waals surface area contributed by atoms with Crippen molar-refractivity contribution in [1.29, 1.82) is 0 Å². The first-order chi connectivity index (χ1) is 10.1. The third-order valence-corrected chi connectivity index (χ3v) is 5.52. The average Bonchev–Trinajstić information content (AvgIpc) is 2.47. The van der Waals surface area contributed by atoms with Gasteiger partial charge in [0.1, 0.15) is 0 Å². The Labute approximate surface area is 130 Å². The zero-order valence-corrected chi connectivity index (χ0v) is 14.2. The minimum atomic E-state index is -3.18. The molecule has 0 saturated carbocycles. The molecule has 0 amide bonds. The smallest absolute Gasteiger partial charge is 0.179 e. The van der Waals surface area contributed by atoms with E-state index in [1.165, 1.54) is 32.1 Å². The Morgan fingerprint density at radius 3 is 2.29 bits per heavy atom. The van der Waals surface area contributed by atoms with Crippen LogP contribution in [-0.4, -0.2) is 26.8 Å². The third-order valence-electron chi connectivity index (χ3n) is 3.59. The van der Waals surface area contributed by atoms with Crippen LogP contribution in [0, 0.1) is 0 Å². The summed E-state index contributed by atoms with van der Waals surface area (Å²) in [4.78, 5) is 0.415. The maximum absolute atomic E-state index is 12.2. The van der Waals surface area contributed by atoms with Crippen molar-refractivity contribution in [2.24, 2.45) is 0 Å². The highest BCUT2D eigenvalue weighted by molar-refractivity contribution is 7.91. The maximum atomic E-state index is 12.2. The first-order valence-electron chi connectivity index (χ1n) is 8.07. The molecular formula is C17H29NO2S. The van der Waals surface area contributed by atoms with Crippen molar-refractivity contribution < 1.29 is 8.42 Å². The topological polar surface area (TPSA) is 46.2 Å². The number of benzene rings is 1. The van der Waals surface area contributed by atoms with Gasteiger partial charge in [-0.2, -0.15) is 0 Å². The summed E-state index contributed by atoms with van der Waals surface area (Å²) in [6.45, 7) is 5.06. The highest BCUT2D eigenvalue weighted by Gasteiger charge is 2.17. The number of nitrogens with one attached hydrogen (secondary N) is 1. The van der Waals surface area contributed by atoms with Crippen LogP contribution in [0.15, 0.2) is 35.2 Å². The summed E-state index contributed by atoms with van der Waals surface area (Å²) >= 11 is 0. The van der Waals surface area contributed by atoms with Gasteiger partial charge in [-0.05, 0) is 32.0 Å². The zero-order chi connectivity index (χ0) is 15.6. The van der Waals surface area contributed by atoms with Crippen molar-refractivity contribution >= 4 is 9.84 Å². The molecule has 0 heterocycles. The summed E-state index contributed by atoms with van der Waals surface area (Å²) in [5.41, 5.74) is 0. The minimum absolute atomic E-state index is 0.00847. The van der Waals surface area contributed by atoms with E-state index in [9.17, 15) is 8.42 Å². The number of hydrogen-bond acceptors (Lipinski definition) is 3. The van der Waals surface area contributed by atoms with E-state index < -0.39 is 9.84 Å². The van der Waals surface area contributed by atoms with Crippen molar-refractivity contribution in [2.75, 3.05) is 12.3 Å². The Kier molecular flexibility index (Phi) is 8.62. The number of sulfone groups is 1. The Morgan fingerprint density at radius 1 is 1.00 bits per heavy atom. The zero-order valence-electron chi connectivity index (χ0n) is 13.3. The van der Waals surface area contributed by atoms with Crippen molar-refractivity contribution in [1.82, 2.24) is 5.32 Å². The van der Waals surface area contributed by atoms with E-state index in [4.69, 9.17) is 0 Å². The van der Waals surface area contributed by atoms with Crippen LogP contribution in [0.3, 0.4) is 0 Å². The molecule has 0 bridgehead atoms. The molecule has 0 saturated heterocycles. The van der Waals surface area contributed by atoms with Gasteiger partial charge in [-0.25, -0.2) is 8.42 Å². The van der Waals surface area contributed by atoms with Crippen molar-refractivity contribution in [3.8, 4) is 0 Å². The monoisotopic (exact) mass is 311 g/mol. The molecule has 3 nitrogen and oxygen atoms in total. The van der Waals surface area contributed by atoms with Gasteiger partial charge in [0.25, 0.3) is 0 Å². The highest BCUT2D eigenvalue weighted by Crippen LogP contribution is 2.11. The lowest BCUT2D eigenvalue weighted by molar-refractivity contribution is 0.527. The van der Waals surface area contributed by atoms with E-state index in [2.05, 4.69) is 12.2 Å². The normalized spacial score (nSPS) is 13.2. The standard InChI is InChI=1S/C17H29NO2S/c1-3-4-5-6-7-11-14-18-16(2)15-21(19,20)17-12-9-8-10-13-17/h8-10,12-13,16,18H,3-7,11,14-15H2,1-2H3. The van der Waals surface area contributed by atoms with E-state index in [0.29, 0.717) is 4.90 Å². The molecule has 1 unspecified atom stereocenters. The van der Waals surface area contributed by atoms with Crippen LogP contribution in [0.5, 0.6) is 0 Å². The predicted molar refractivity (Wildman–Crippen MR) is 89.3 cm³/mol. The highest BCUT2D eigenvalue weighted by atomic mass is 32.2. The van der Waals surface area contributed by atoms with Crippen LogP contribution < -0.4 is 5.32 Å². The van der Waals surface area contributed by atoms with Crippen LogP contribution in [-0.2, 0) is 9.84 Å². The predicted octanol–water partition coefficient (Wildman–Crippen LogP) is 3.80. The van der Waals surface area contributed by atoms with E-state index in [0.717, 1.165) is 13.0 Å². The Hall–Kier alpha value is -0.870. The average molecular weight is 311 g/mol. The lowest BCUT2D eigenvalue weighted by Gasteiger charge is -2.14. The van der Waals surface area contributed by atoms with E-state index in [1.54, 1.807) is 24.3 Å². The van der Waals surface area contributed by atoms with Gasteiger partial charge in [-0.3, -0.25) is 0 Å². The van der Waals surface area contributed by atoms with Gasteiger partial charge in [0.2, 0.25) is 0 Å². The summed E-state index contributed by atoms with van der Waals surface area (Å²) in [6.07, 6.45) is 7.54. The number of hydrogen-bond donors (Lipinski definition) is 1. The lowest BCUT2D eigenvalue weighted by atomic mass is 10.1. The van der Waals surface area contributed by atoms with Gasteiger partial charge in [0.05, 0.1) is 10.6 Å². The molecule has 1 aromatic carbocycles. The SMILES string of the molecule is CCCCCCCCNC(C)CS(=O)(=O)c1ccccc1. The van der Waals surface area contributed by atoms with Crippen LogP contribution >= 0.6 is 0 Å². The maximum Gasteiger partial charge on any atom is 0.179 e. The summed E-state index contributed by atoms with van der Waals surface area (Å²) in [7, 11) is -3.18. The molecule has 4 heteroatoms. The van der Waals surface area contributed by atoms with E-state index in [1.807, 2.05) is 13.0 Å². The molecule has 0 spiro atoms. The molecular weight excluding hydrogens is 282 g/mol. The third kappa shape index (κ3) is 7.63. The molecule has 0 aromatic heterocycles. The van der Waals surface area contributed by atoms with Crippen LogP contribution in [0.25, 0.3) is 0 Å². The molecule has 1 aromatic rings. The van der Waals surface area contributed by atoms with Crippen molar-refractivity contribution in [2.45, 2.75) is 63.3 Å². The summed E-state index contributed by atoms with van der Waals surface area (Å²) in [5.74, 6) is 0.160. The number of rotatable bonds is 11. The second-order valence-electron chi connectivity index (χ2n) is 5.72. The molecule has 21 heavy (non-hydrogen) atoms. The van der Waals surface area contributed by atoms with Gasteiger partial charge >= 0.3 is 0 Å². The fourth-order valence-electron chi connectivity index (χ4n) is 2.37. The number of unbranched alkanes of at least 4 members (excludes halogenated alkanes) is 5. The van der Waals surface area contributed by atoms with Gasteiger partial charge in [-0.1, -0.05) is 57.2 Å². The van der Waals surface area contributed by atoms with Gasteiger partial charge < -0.3 is 5.32 Å². The molecule has 0 aliphatic rings. The van der Waals surface area contributed by atoms with E-state index >= 15 is 0 Å². The fraction of sp³-hybridized carbons (Fsp3) is 0.647. The lowest BCUT2D eigenvalue weighted by Crippen LogP contribution is -2.33. The first kappa shape index (κ1) is 18.2. The van der Waals surface area contributed by atoms with Crippen LogP contribution in [0.1, 0.15) is 52.4 Å². The van der Waals surface area contributed by atoms with Crippen molar-refractivity contribution in [3.05, 3.63) is 30.3 Å². The summed E-state index contributed by atoms with van der Waals surface area (Å²) in [5, 5.41) is 3.32. The Morgan fingerprint density at radius 2 is 1.62 bits per heavy atom. The molecule has 0 aliphatic carbocycles. The van der Waals surface area contributed by atoms with Crippen LogP contribution in [0.2, 0.25) is 0 Å². The summed E-state index contributed by atoms with van der Waals surface area (Å²) in [6, 6.07) is 8.68. The van der Waals surface area contributed by atoms with Gasteiger partial charge in [0, 0.05) is 6.04 Å². The Bertz CT molecular complexity index is 471. The summed E-state index contributed by atoms with van der Waals surface area (Å²) < 4.78 is 24.4. The van der Waals surface area contributed by atoms with Crippen LogP contribution in [0.4, 0.5) is 0 Å². The minimum Gasteiger partial charge on any atom is -0.313 e. The van der Waals surface area contributed by atoms with E-state index in [-0.39, 0.29) is 11.8 Å². The molecule has 1 atom stereocenters. The molecule has 0 aliphatic heterocycles. The molecule has 0 radical (unpaired) electrons. The van der Waals surface area contributed by atoms with Gasteiger partial charge in [0.15, 0.2) is 9.84 Å². The fourth-order valence-corrected chi connectivity index (χ4v) is 3.91. The first-order valence-corrected chi connectivity index (χ1v) is 9.72. The molecule has 120 valence electrons. The van der Waals surface area contributed by atoms with Gasteiger partial charge in [-0.15, -0.1) is 0 Å². The van der Waals surface area contributed by atoms with Crippen molar-refractivity contribution in [3.63, 3.8) is 0 Å². The second kappa shape index (κ2) is 9.96.